The van der Waals surface area contributed by atoms with Crippen molar-refractivity contribution in [3.05, 3.63) is 34.1 Å². The molecule has 1 nitrogen and oxygen atoms in total. The average Bonchev–Trinajstić information content (AvgIpc) is 1.94. The van der Waals surface area contributed by atoms with Crippen molar-refractivity contribution in [1.29, 1.82) is 0 Å². The van der Waals surface area contributed by atoms with Gasteiger partial charge in [-0.2, -0.15) is 0 Å². The molecule has 0 aromatic heterocycles. The van der Waals surface area contributed by atoms with Crippen LogP contribution in [0.5, 0.6) is 0 Å². The number of rotatable bonds is 1. The van der Waals surface area contributed by atoms with Crippen LogP contribution in [0.2, 0.25) is 0 Å². The molecule has 0 aliphatic carbocycles. The van der Waals surface area contributed by atoms with Gasteiger partial charge in [-0.25, -0.2) is 4.39 Å². The summed E-state index contributed by atoms with van der Waals surface area (Å²) in [5.74, 6) is -0.344. The Morgan fingerprint density at radius 3 is 2.64 bits per heavy atom. The molecule has 0 aliphatic rings. The molecule has 1 N–H and O–H groups in total. The third kappa shape index (κ3) is 1.79. The van der Waals surface area contributed by atoms with Gasteiger partial charge in [-0.1, -0.05) is 12.1 Å². The van der Waals surface area contributed by atoms with E-state index in [4.69, 9.17) is 5.11 Å². The van der Waals surface area contributed by atoms with Crippen LogP contribution in [0.25, 0.3) is 0 Å². The van der Waals surface area contributed by atoms with Crippen LogP contribution < -0.4 is 0 Å². The highest BCUT2D eigenvalue weighted by molar-refractivity contribution is 9.10. The predicted octanol–water partition coefficient (Wildman–Crippen LogP) is 2.64. The molecule has 0 saturated carbocycles. The number of hydrogen-bond acceptors (Lipinski definition) is 1. The summed E-state index contributed by atoms with van der Waals surface area (Å²) in [6.45, 7) is 1.60. The van der Waals surface area contributed by atoms with E-state index in [2.05, 4.69) is 15.9 Å². The lowest BCUT2D eigenvalue weighted by Crippen LogP contribution is -1.93. The van der Waals surface area contributed by atoms with Gasteiger partial charge in [-0.05, 0) is 34.5 Å². The van der Waals surface area contributed by atoms with Crippen LogP contribution >= 0.6 is 15.9 Å². The Labute approximate surface area is 73.0 Å². The monoisotopic (exact) mass is 218 g/mol. The molecular formula is C8H8BrFO. The van der Waals surface area contributed by atoms with Gasteiger partial charge in [0.05, 0.1) is 10.6 Å². The molecule has 1 atom stereocenters. The molecule has 0 saturated heterocycles. The van der Waals surface area contributed by atoms with Gasteiger partial charge >= 0.3 is 0 Å². The zero-order chi connectivity index (χ0) is 8.43. The molecule has 3 heteroatoms. The summed E-state index contributed by atoms with van der Waals surface area (Å²) in [6.07, 6.45) is -0.639. The van der Waals surface area contributed by atoms with E-state index in [0.29, 0.717) is 10.0 Å². The van der Waals surface area contributed by atoms with Crippen molar-refractivity contribution < 1.29 is 9.50 Å². The zero-order valence-corrected chi connectivity index (χ0v) is 7.60. The largest absolute Gasteiger partial charge is 0.389 e. The highest BCUT2D eigenvalue weighted by atomic mass is 79.9. The van der Waals surface area contributed by atoms with Crippen molar-refractivity contribution in [2.45, 2.75) is 13.0 Å². The van der Waals surface area contributed by atoms with Crippen molar-refractivity contribution in [2.24, 2.45) is 0 Å². The molecule has 1 aromatic rings. The Morgan fingerprint density at radius 1 is 1.55 bits per heavy atom. The molecule has 1 rings (SSSR count). The Bertz CT molecular complexity index is 260. The second kappa shape index (κ2) is 3.32. The maximum Gasteiger partial charge on any atom is 0.137 e. The highest BCUT2D eigenvalue weighted by Gasteiger charge is 2.08. The van der Waals surface area contributed by atoms with Crippen molar-refractivity contribution in [3.8, 4) is 0 Å². The summed E-state index contributed by atoms with van der Waals surface area (Å²) in [5.41, 5.74) is 0.574. The van der Waals surface area contributed by atoms with Gasteiger partial charge in [0.1, 0.15) is 5.82 Å². The van der Waals surface area contributed by atoms with E-state index in [1.165, 1.54) is 6.07 Å². The van der Waals surface area contributed by atoms with Gasteiger partial charge in [-0.3, -0.25) is 0 Å². The summed E-state index contributed by atoms with van der Waals surface area (Å²) in [4.78, 5) is 0. The number of hydrogen-bond donors (Lipinski definition) is 1. The molecule has 0 heterocycles. The van der Waals surface area contributed by atoms with Gasteiger partial charge < -0.3 is 5.11 Å². The number of benzene rings is 1. The van der Waals surface area contributed by atoms with Crippen LogP contribution in [-0.4, -0.2) is 5.11 Å². The normalized spacial score (nSPS) is 13.1. The third-order valence-corrected chi connectivity index (χ3v) is 2.27. The minimum absolute atomic E-state index is 0.343. The van der Waals surface area contributed by atoms with Gasteiger partial charge in [0.15, 0.2) is 0 Å². The first kappa shape index (κ1) is 8.68. The first-order valence-corrected chi connectivity index (χ1v) is 4.04. The van der Waals surface area contributed by atoms with E-state index < -0.39 is 6.10 Å². The van der Waals surface area contributed by atoms with Crippen LogP contribution in [0.3, 0.4) is 0 Å². The van der Waals surface area contributed by atoms with Crippen LogP contribution in [0, 0.1) is 5.82 Å². The Morgan fingerprint density at radius 2 is 2.18 bits per heavy atom. The number of aliphatic hydroxyl groups excluding tert-OH is 1. The fraction of sp³-hybridized carbons (Fsp3) is 0.250. The molecule has 1 unspecified atom stereocenters. The summed E-state index contributed by atoms with van der Waals surface area (Å²) in [6, 6.07) is 4.59. The van der Waals surface area contributed by atoms with E-state index in [-0.39, 0.29) is 5.82 Å². The fourth-order valence-electron chi connectivity index (χ4n) is 0.843. The van der Waals surface area contributed by atoms with Crippen molar-refractivity contribution in [1.82, 2.24) is 0 Å². The Hall–Kier alpha value is -0.410. The molecule has 0 fully saturated rings. The first-order chi connectivity index (χ1) is 5.13. The Kier molecular flexibility index (Phi) is 2.62. The summed E-state index contributed by atoms with van der Waals surface area (Å²) in [5, 5.41) is 9.13. The third-order valence-electron chi connectivity index (χ3n) is 1.43. The van der Waals surface area contributed by atoms with Crippen molar-refractivity contribution in [2.75, 3.05) is 0 Å². The lowest BCUT2D eigenvalue weighted by molar-refractivity contribution is 0.198. The van der Waals surface area contributed by atoms with Crippen LogP contribution in [0.15, 0.2) is 22.7 Å². The van der Waals surface area contributed by atoms with Crippen LogP contribution in [0.4, 0.5) is 4.39 Å². The second-order valence-electron chi connectivity index (χ2n) is 2.32. The smallest absolute Gasteiger partial charge is 0.137 e. The topological polar surface area (TPSA) is 20.2 Å². The molecule has 0 spiro atoms. The van der Waals surface area contributed by atoms with Gasteiger partial charge in [0.2, 0.25) is 0 Å². The SMILES string of the molecule is CC(O)c1cccc(F)c1Br. The molecule has 1 aromatic carbocycles. The first-order valence-electron chi connectivity index (χ1n) is 3.25. The van der Waals surface area contributed by atoms with Gasteiger partial charge in [0, 0.05) is 0 Å². The van der Waals surface area contributed by atoms with E-state index in [1.807, 2.05) is 0 Å². The van der Waals surface area contributed by atoms with E-state index in [9.17, 15) is 4.39 Å². The summed E-state index contributed by atoms with van der Waals surface area (Å²) in [7, 11) is 0. The highest BCUT2D eigenvalue weighted by Crippen LogP contribution is 2.25. The predicted molar refractivity (Wildman–Crippen MR) is 44.7 cm³/mol. The maximum absolute atomic E-state index is 12.8. The van der Waals surface area contributed by atoms with Crippen molar-refractivity contribution >= 4 is 15.9 Å². The second-order valence-corrected chi connectivity index (χ2v) is 3.11. The molecule has 0 bridgehead atoms. The fourth-order valence-corrected chi connectivity index (χ4v) is 1.44. The Balaban J connectivity index is 3.17. The van der Waals surface area contributed by atoms with E-state index >= 15 is 0 Å². The molecule has 0 aliphatic heterocycles. The number of halogens is 2. The lowest BCUT2D eigenvalue weighted by atomic mass is 10.1. The van der Waals surface area contributed by atoms with Crippen molar-refractivity contribution in [3.63, 3.8) is 0 Å². The molecule has 0 amide bonds. The van der Waals surface area contributed by atoms with Crippen LogP contribution in [0.1, 0.15) is 18.6 Å². The van der Waals surface area contributed by atoms with Gasteiger partial charge in [-0.15, -0.1) is 0 Å². The molecule has 11 heavy (non-hydrogen) atoms. The molecule has 0 radical (unpaired) electrons. The minimum Gasteiger partial charge on any atom is -0.389 e. The maximum atomic E-state index is 12.8. The molecule has 60 valence electrons. The minimum atomic E-state index is -0.639. The number of aliphatic hydroxyl groups is 1. The standard InChI is InChI=1S/C8H8BrFO/c1-5(11)6-3-2-4-7(10)8(6)9/h2-5,11H,1H3. The summed E-state index contributed by atoms with van der Waals surface area (Å²) < 4.78 is 13.1. The lowest BCUT2D eigenvalue weighted by Gasteiger charge is -2.06. The summed E-state index contributed by atoms with van der Waals surface area (Å²) >= 11 is 3.05. The van der Waals surface area contributed by atoms with Gasteiger partial charge in [0.25, 0.3) is 0 Å². The molecular weight excluding hydrogens is 211 g/mol. The van der Waals surface area contributed by atoms with Crippen LogP contribution in [-0.2, 0) is 0 Å². The zero-order valence-electron chi connectivity index (χ0n) is 6.01. The average molecular weight is 219 g/mol. The van der Waals surface area contributed by atoms with E-state index in [1.54, 1.807) is 19.1 Å². The quantitative estimate of drug-likeness (QED) is 0.769. The van der Waals surface area contributed by atoms with E-state index in [0.717, 1.165) is 0 Å².